The minimum absolute atomic E-state index is 0.204. The maximum Gasteiger partial charge on any atom is 0.313 e. The van der Waals surface area contributed by atoms with E-state index in [4.69, 9.17) is 4.42 Å². The summed E-state index contributed by atoms with van der Waals surface area (Å²) in [6, 6.07) is 14.2. The Morgan fingerprint density at radius 2 is 1.88 bits per heavy atom. The Bertz CT molecular complexity index is 885. The van der Waals surface area contributed by atoms with E-state index in [1.165, 1.54) is 17.6 Å². The molecule has 3 aromatic rings. The maximum absolute atomic E-state index is 11.9. The number of carbonyl (C=O) groups excluding carboxylic acids is 2. The molecule has 3 N–H and O–H groups in total. The summed E-state index contributed by atoms with van der Waals surface area (Å²) in [5.41, 5.74) is 1.63. The van der Waals surface area contributed by atoms with Gasteiger partial charge in [-0.15, -0.1) is 11.3 Å². The topological polar surface area (TPSA) is 91.6 Å². The molecule has 2 heterocycles. The summed E-state index contributed by atoms with van der Waals surface area (Å²) in [5, 5.41) is 15.3. The number of benzene rings is 1. The van der Waals surface area contributed by atoms with Gasteiger partial charge in [0.15, 0.2) is 0 Å². The van der Waals surface area contributed by atoms with Crippen molar-refractivity contribution in [1.82, 2.24) is 5.32 Å². The van der Waals surface area contributed by atoms with E-state index in [2.05, 4.69) is 10.6 Å². The van der Waals surface area contributed by atoms with Gasteiger partial charge in [-0.25, -0.2) is 0 Å². The Morgan fingerprint density at radius 1 is 1.12 bits per heavy atom. The number of aryl methyl sites for hydroxylation is 1. The van der Waals surface area contributed by atoms with Crippen LogP contribution in [0.4, 0.5) is 5.69 Å². The second-order valence-electron chi connectivity index (χ2n) is 5.72. The van der Waals surface area contributed by atoms with Gasteiger partial charge in [-0.2, -0.15) is 0 Å². The lowest BCUT2D eigenvalue weighted by atomic mass is 10.2. The largest absolute Gasteiger partial charge is 0.466 e. The third-order valence-electron chi connectivity index (χ3n) is 3.70. The Balaban J connectivity index is 1.53. The SMILES string of the molecule is Cc1ccc(NC(=O)C(=O)NCc2ccc(C(O)c3ccco3)s2)cc1. The molecule has 0 aliphatic rings. The predicted molar refractivity (Wildman–Crippen MR) is 98.7 cm³/mol. The van der Waals surface area contributed by atoms with Gasteiger partial charge in [0.25, 0.3) is 0 Å². The molecule has 2 amide bonds. The number of aliphatic hydroxyl groups excluding tert-OH is 1. The van der Waals surface area contributed by atoms with Crippen molar-refractivity contribution in [3.8, 4) is 0 Å². The Kier molecular flexibility index (Phi) is 5.50. The van der Waals surface area contributed by atoms with Crippen molar-refractivity contribution < 1.29 is 19.1 Å². The third kappa shape index (κ3) is 4.38. The number of carbonyl (C=O) groups is 2. The Labute approximate surface area is 154 Å². The highest BCUT2D eigenvalue weighted by atomic mass is 32.1. The number of amides is 2. The van der Waals surface area contributed by atoms with Crippen molar-refractivity contribution >= 4 is 28.8 Å². The number of hydrogen-bond acceptors (Lipinski definition) is 5. The second-order valence-corrected chi connectivity index (χ2v) is 6.92. The Morgan fingerprint density at radius 3 is 2.58 bits per heavy atom. The van der Waals surface area contributed by atoms with Gasteiger partial charge in [-0.05, 0) is 43.3 Å². The molecule has 7 heteroatoms. The van der Waals surface area contributed by atoms with Gasteiger partial charge in [-0.3, -0.25) is 9.59 Å². The fourth-order valence-electron chi connectivity index (χ4n) is 2.30. The van der Waals surface area contributed by atoms with Gasteiger partial charge in [0, 0.05) is 15.4 Å². The fraction of sp³-hybridized carbons (Fsp3) is 0.158. The van der Waals surface area contributed by atoms with Crippen LogP contribution in [-0.4, -0.2) is 16.9 Å². The van der Waals surface area contributed by atoms with Crippen LogP contribution >= 0.6 is 11.3 Å². The molecular weight excluding hydrogens is 352 g/mol. The lowest BCUT2D eigenvalue weighted by Crippen LogP contribution is -2.34. The van der Waals surface area contributed by atoms with E-state index in [1.54, 1.807) is 36.4 Å². The highest BCUT2D eigenvalue weighted by Gasteiger charge is 2.17. The van der Waals surface area contributed by atoms with Crippen molar-refractivity contribution in [2.75, 3.05) is 5.32 Å². The van der Waals surface area contributed by atoms with Crippen molar-refractivity contribution in [1.29, 1.82) is 0 Å². The van der Waals surface area contributed by atoms with Gasteiger partial charge in [-0.1, -0.05) is 17.7 Å². The number of rotatable bonds is 5. The standard InChI is InChI=1S/C19H18N2O4S/c1-12-4-6-13(7-5-12)21-19(24)18(23)20-11-14-8-9-16(26-14)17(22)15-3-2-10-25-15/h2-10,17,22H,11H2,1H3,(H,20,23)(H,21,24). The minimum Gasteiger partial charge on any atom is -0.466 e. The molecule has 1 aromatic carbocycles. The van der Waals surface area contributed by atoms with Crippen LogP contribution < -0.4 is 10.6 Å². The monoisotopic (exact) mass is 370 g/mol. The van der Waals surface area contributed by atoms with Gasteiger partial charge in [0.2, 0.25) is 0 Å². The first-order valence-corrected chi connectivity index (χ1v) is 8.80. The molecule has 0 aliphatic carbocycles. The molecule has 0 aliphatic heterocycles. The average Bonchev–Trinajstić information content (AvgIpc) is 3.33. The molecule has 0 spiro atoms. The number of nitrogens with one attached hydrogen (secondary N) is 2. The average molecular weight is 370 g/mol. The van der Waals surface area contributed by atoms with Gasteiger partial charge in [0.05, 0.1) is 12.8 Å². The van der Waals surface area contributed by atoms with E-state index in [0.29, 0.717) is 16.3 Å². The molecule has 134 valence electrons. The van der Waals surface area contributed by atoms with E-state index >= 15 is 0 Å². The van der Waals surface area contributed by atoms with E-state index in [-0.39, 0.29) is 6.54 Å². The third-order valence-corrected chi connectivity index (χ3v) is 4.84. The minimum atomic E-state index is -0.843. The molecule has 0 bridgehead atoms. The van der Waals surface area contributed by atoms with E-state index in [0.717, 1.165) is 10.4 Å². The van der Waals surface area contributed by atoms with Crippen LogP contribution in [0.1, 0.15) is 27.2 Å². The smallest absolute Gasteiger partial charge is 0.313 e. The van der Waals surface area contributed by atoms with Crippen LogP contribution in [0.2, 0.25) is 0 Å². The Hall–Kier alpha value is -2.90. The highest BCUT2D eigenvalue weighted by molar-refractivity contribution is 7.12. The van der Waals surface area contributed by atoms with E-state index in [9.17, 15) is 14.7 Å². The number of anilines is 1. The number of thiophene rings is 1. The molecule has 0 fully saturated rings. The fourth-order valence-corrected chi connectivity index (χ4v) is 3.24. The molecule has 1 unspecified atom stereocenters. The first-order valence-electron chi connectivity index (χ1n) is 7.99. The van der Waals surface area contributed by atoms with Crippen LogP contribution in [0.15, 0.2) is 59.2 Å². The molecule has 2 aromatic heterocycles. The van der Waals surface area contributed by atoms with Crippen molar-refractivity contribution in [3.63, 3.8) is 0 Å². The predicted octanol–water partition coefficient (Wildman–Crippen LogP) is 2.99. The molecule has 0 radical (unpaired) electrons. The normalized spacial score (nSPS) is 11.8. The zero-order chi connectivity index (χ0) is 18.5. The van der Waals surface area contributed by atoms with Crippen LogP contribution in [0.5, 0.6) is 0 Å². The summed E-state index contributed by atoms with van der Waals surface area (Å²) < 4.78 is 5.19. The lowest BCUT2D eigenvalue weighted by Gasteiger charge is -2.06. The summed E-state index contributed by atoms with van der Waals surface area (Å²) >= 11 is 1.34. The molecule has 0 saturated heterocycles. The number of furan rings is 1. The van der Waals surface area contributed by atoms with Crippen LogP contribution in [-0.2, 0) is 16.1 Å². The van der Waals surface area contributed by atoms with Crippen LogP contribution in [0, 0.1) is 6.92 Å². The molecule has 1 atom stereocenters. The van der Waals surface area contributed by atoms with E-state index in [1.807, 2.05) is 19.1 Å². The zero-order valence-corrected chi connectivity index (χ0v) is 14.9. The van der Waals surface area contributed by atoms with Crippen LogP contribution in [0.25, 0.3) is 0 Å². The molecule has 0 saturated carbocycles. The highest BCUT2D eigenvalue weighted by Crippen LogP contribution is 2.28. The van der Waals surface area contributed by atoms with Crippen molar-refractivity contribution in [2.45, 2.75) is 19.6 Å². The van der Waals surface area contributed by atoms with Gasteiger partial charge in [0.1, 0.15) is 11.9 Å². The summed E-state index contributed by atoms with van der Waals surface area (Å²) in [7, 11) is 0. The summed E-state index contributed by atoms with van der Waals surface area (Å²) in [6.07, 6.45) is 0.657. The number of aliphatic hydroxyl groups is 1. The summed E-state index contributed by atoms with van der Waals surface area (Å²) in [6.45, 7) is 2.14. The summed E-state index contributed by atoms with van der Waals surface area (Å²) in [4.78, 5) is 25.4. The summed E-state index contributed by atoms with van der Waals surface area (Å²) in [5.74, 6) is -0.978. The van der Waals surface area contributed by atoms with Crippen LogP contribution in [0.3, 0.4) is 0 Å². The second kappa shape index (κ2) is 7.99. The zero-order valence-electron chi connectivity index (χ0n) is 14.1. The molecule has 3 rings (SSSR count). The molecular formula is C19H18N2O4S. The van der Waals surface area contributed by atoms with Gasteiger partial charge >= 0.3 is 11.8 Å². The van der Waals surface area contributed by atoms with Crippen molar-refractivity contribution in [3.05, 3.63) is 75.9 Å². The number of hydrogen-bond donors (Lipinski definition) is 3. The molecule has 26 heavy (non-hydrogen) atoms. The maximum atomic E-state index is 11.9. The first kappa shape index (κ1) is 17.9. The van der Waals surface area contributed by atoms with E-state index < -0.39 is 17.9 Å². The first-order chi connectivity index (χ1) is 12.5. The van der Waals surface area contributed by atoms with Gasteiger partial charge < -0.3 is 20.2 Å². The molecule has 6 nitrogen and oxygen atoms in total. The quantitative estimate of drug-likeness (QED) is 0.602. The lowest BCUT2D eigenvalue weighted by molar-refractivity contribution is -0.136. The van der Waals surface area contributed by atoms with Crippen molar-refractivity contribution in [2.24, 2.45) is 0 Å².